The number of hydrogen-bond donors (Lipinski definition) is 2. The minimum atomic E-state index is -0.0796. The number of benzene rings is 2. The first-order valence-corrected chi connectivity index (χ1v) is 13.5. The van der Waals surface area contributed by atoms with Gasteiger partial charge in [-0.05, 0) is 79.5 Å². The van der Waals surface area contributed by atoms with Crippen molar-refractivity contribution in [1.29, 1.82) is 0 Å². The lowest BCUT2D eigenvalue weighted by molar-refractivity contribution is -0.00348. The standard InChI is InChI=1S/C29H35N7O/c1-4-5-10-24-25(27(37)36-29(3)17-15-28(2,16-18-29)35(24)36)30-19-20-11-13-21(14-12-20)22-8-6-7-9-23(22)26-31-33-34-32-26/h6-9,11-14,30H,4-5,10,15-19H2,1-3H3,(H,31,32,33,34). The molecule has 1 aliphatic carbocycles. The molecule has 0 saturated heterocycles. The molecular weight excluding hydrogens is 462 g/mol. The fourth-order valence-electron chi connectivity index (χ4n) is 6.31. The van der Waals surface area contributed by atoms with E-state index in [9.17, 15) is 4.79 Å². The van der Waals surface area contributed by atoms with Gasteiger partial charge in [0.15, 0.2) is 5.82 Å². The van der Waals surface area contributed by atoms with Crippen LogP contribution in [-0.2, 0) is 24.0 Å². The summed E-state index contributed by atoms with van der Waals surface area (Å²) in [5.74, 6) is 0.649. The summed E-state index contributed by atoms with van der Waals surface area (Å²) < 4.78 is 4.49. The van der Waals surface area contributed by atoms with Gasteiger partial charge in [0.05, 0.1) is 16.8 Å². The zero-order valence-corrected chi connectivity index (χ0v) is 21.9. The number of unbranched alkanes of at least 4 members (excludes halogenated alkanes) is 1. The third-order valence-electron chi connectivity index (χ3n) is 8.61. The first-order chi connectivity index (χ1) is 17.9. The quantitative estimate of drug-likeness (QED) is 0.337. The van der Waals surface area contributed by atoms with Crippen LogP contribution in [0.2, 0.25) is 0 Å². The van der Waals surface area contributed by atoms with Gasteiger partial charge >= 0.3 is 0 Å². The van der Waals surface area contributed by atoms with Gasteiger partial charge in [-0.3, -0.25) is 9.48 Å². The fraction of sp³-hybridized carbons (Fsp3) is 0.448. The Balaban J connectivity index is 1.29. The maximum Gasteiger partial charge on any atom is 0.290 e. The summed E-state index contributed by atoms with van der Waals surface area (Å²) in [6.07, 6.45) is 7.56. The third-order valence-corrected chi connectivity index (χ3v) is 8.61. The van der Waals surface area contributed by atoms with Gasteiger partial charge in [0.1, 0.15) is 5.69 Å². The van der Waals surface area contributed by atoms with Crippen LogP contribution in [0.1, 0.15) is 70.6 Å². The van der Waals surface area contributed by atoms with Crippen LogP contribution in [0, 0.1) is 0 Å². The molecule has 7 rings (SSSR count). The maximum absolute atomic E-state index is 13.8. The predicted octanol–water partition coefficient (Wildman–Crippen LogP) is 5.47. The molecule has 8 heteroatoms. The molecule has 2 aromatic heterocycles. The monoisotopic (exact) mass is 497 g/mol. The largest absolute Gasteiger partial charge is 0.375 e. The molecule has 0 atom stereocenters. The average molecular weight is 498 g/mol. The van der Waals surface area contributed by atoms with Gasteiger partial charge in [-0.1, -0.05) is 61.9 Å². The third kappa shape index (κ3) is 3.90. The number of aromatic nitrogens is 6. The Kier molecular flexibility index (Phi) is 5.77. The van der Waals surface area contributed by atoms with Gasteiger partial charge < -0.3 is 5.32 Å². The van der Waals surface area contributed by atoms with Gasteiger partial charge in [0.25, 0.3) is 5.56 Å². The van der Waals surface area contributed by atoms with Crippen LogP contribution >= 0.6 is 0 Å². The van der Waals surface area contributed by atoms with Crippen molar-refractivity contribution in [2.45, 2.75) is 83.3 Å². The van der Waals surface area contributed by atoms with Crippen LogP contribution in [-0.4, -0.2) is 30.0 Å². The normalized spacial score (nSPS) is 22.2. The fourth-order valence-corrected chi connectivity index (χ4v) is 6.31. The summed E-state index contributed by atoms with van der Waals surface area (Å²) in [5, 5.41) is 18.0. The minimum Gasteiger partial charge on any atom is -0.375 e. The molecule has 2 bridgehead atoms. The molecule has 0 unspecified atom stereocenters. The summed E-state index contributed by atoms with van der Waals surface area (Å²) in [6, 6.07) is 16.6. The molecule has 0 radical (unpaired) electrons. The first-order valence-electron chi connectivity index (χ1n) is 13.5. The Bertz CT molecular complexity index is 1460. The Labute approximate surface area is 217 Å². The summed E-state index contributed by atoms with van der Waals surface area (Å²) in [6.45, 7) is 7.43. The van der Waals surface area contributed by atoms with E-state index < -0.39 is 0 Å². The molecule has 8 nitrogen and oxygen atoms in total. The molecule has 2 N–H and O–H groups in total. The lowest BCUT2D eigenvalue weighted by Gasteiger charge is -2.53. The van der Waals surface area contributed by atoms with E-state index in [1.807, 2.05) is 18.2 Å². The van der Waals surface area contributed by atoms with Crippen molar-refractivity contribution in [3.8, 4) is 22.5 Å². The van der Waals surface area contributed by atoms with Crippen LogP contribution in [0.15, 0.2) is 53.3 Å². The number of rotatable bonds is 8. The van der Waals surface area contributed by atoms with Crippen LogP contribution in [0.3, 0.4) is 0 Å². The van der Waals surface area contributed by atoms with E-state index in [2.05, 4.69) is 86.4 Å². The van der Waals surface area contributed by atoms with Crippen LogP contribution in [0.4, 0.5) is 5.69 Å². The van der Waals surface area contributed by atoms with E-state index in [-0.39, 0.29) is 16.6 Å². The molecular formula is C29H35N7O. The summed E-state index contributed by atoms with van der Waals surface area (Å²) in [4.78, 5) is 13.8. The average Bonchev–Trinajstić information content (AvgIpc) is 3.56. The lowest BCUT2D eigenvalue weighted by Crippen LogP contribution is -2.57. The summed E-state index contributed by atoms with van der Waals surface area (Å²) in [7, 11) is 0. The van der Waals surface area contributed by atoms with E-state index in [1.165, 1.54) is 5.69 Å². The molecule has 0 amide bonds. The van der Waals surface area contributed by atoms with Crippen molar-refractivity contribution >= 4 is 5.69 Å². The smallest absolute Gasteiger partial charge is 0.290 e. The molecule has 4 heterocycles. The van der Waals surface area contributed by atoms with E-state index in [1.54, 1.807) is 0 Å². The van der Waals surface area contributed by atoms with Crippen molar-refractivity contribution in [3.05, 3.63) is 70.1 Å². The Hall–Kier alpha value is -3.68. The summed E-state index contributed by atoms with van der Waals surface area (Å²) in [5.41, 5.74) is 6.34. The van der Waals surface area contributed by atoms with Crippen LogP contribution < -0.4 is 10.9 Å². The summed E-state index contributed by atoms with van der Waals surface area (Å²) >= 11 is 0. The molecule has 3 aliphatic rings. The second-order valence-corrected chi connectivity index (χ2v) is 11.2. The minimum absolute atomic E-state index is 0.0357. The van der Waals surface area contributed by atoms with Gasteiger partial charge in [-0.25, -0.2) is 9.78 Å². The van der Waals surface area contributed by atoms with Gasteiger partial charge in [0.2, 0.25) is 0 Å². The van der Waals surface area contributed by atoms with Crippen molar-refractivity contribution in [1.82, 2.24) is 30.0 Å². The van der Waals surface area contributed by atoms with Gasteiger partial charge in [0, 0.05) is 12.1 Å². The van der Waals surface area contributed by atoms with E-state index in [0.717, 1.165) is 72.9 Å². The predicted molar refractivity (Wildman–Crippen MR) is 145 cm³/mol. The second-order valence-electron chi connectivity index (χ2n) is 11.2. The first kappa shape index (κ1) is 23.7. The lowest BCUT2D eigenvalue weighted by atomic mass is 9.72. The molecule has 0 spiro atoms. The number of tetrazole rings is 1. The van der Waals surface area contributed by atoms with Crippen molar-refractivity contribution in [2.24, 2.45) is 0 Å². The molecule has 192 valence electrons. The molecule has 1 fully saturated rings. The van der Waals surface area contributed by atoms with Gasteiger partial charge in [-0.15, -0.1) is 5.10 Å². The van der Waals surface area contributed by atoms with Crippen molar-refractivity contribution in [3.63, 3.8) is 0 Å². The highest BCUT2D eigenvalue weighted by Gasteiger charge is 2.50. The van der Waals surface area contributed by atoms with Crippen LogP contribution in [0.25, 0.3) is 22.5 Å². The van der Waals surface area contributed by atoms with Crippen molar-refractivity contribution < 1.29 is 0 Å². The molecule has 1 saturated carbocycles. The Morgan fingerprint density at radius 2 is 1.62 bits per heavy atom. The number of aromatic amines is 1. The number of hydrogen-bond acceptors (Lipinski definition) is 5. The highest BCUT2D eigenvalue weighted by Crippen LogP contribution is 2.49. The van der Waals surface area contributed by atoms with E-state index in [4.69, 9.17) is 0 Å². The topological polar surface area (TPSA) is 93.4 Å². The Morgan fingerprint density at radius 3 is 2.27 bits per heavy atom. The zero-order valence-electron chi connectivity index (χ0n) is 21.9. The zero-order chi connectivity index (χ0) is 25.6. The molecule has 37 heavy (non-hydrogen) atoms. The van der Waals surface area contributed by atoms with E-state index >= 15 is 0 Å². The van der Waals surface area contributed by atoms with Gasteiger partial charge in [-0.2, -0.15) is 0 Å². The molecule has 2 aromatic carbocycles. The SMILES string of the molecule is CCCCc1c(NCc2ccc(-c3ccccc3-c3nnn[nH]3)cc2)c(=O)n2n1C1(C)CCC2(C)CC1. The number of nitrogens with one attached hydrogen (secondary N) is 2. The number of fused-ring (bicyclic) bond motifs is 2. The number of anilines is 1. The second kappa shape index (κ2) is 9.01. The highest BCUT2D eigenvalue weighted by molar-refractivity contribution is 5.80. The van der Waals surface area contributed by atoms with Crippen molar-refractivity contribution in [2.75, 3.05) is 5.32 Å². The maximum atomic E-state index is 13.8. The number of nitrogens with zero attached hydrogens (tertiary/aromatic N) is 5. The molecule has 4 aromatic rings. The Morgan fingerprint density at radius 1 is 0.946 bits per heavy atom. The highest BCUT2D eigenvalue weighted by atomic mass is 16.1. The molecule has 2 aliphatic heterocycles. The van der Waals surface area contributed by atoms with E-state index in [0.29, 0.717) is 12.4 Å². The van der Waals surface area contributed by atoms with Crippen LogP contribution in [0.5, 0.6) is 0 Å². The number of H-pyrrole nitrogens is 1.